The molecule has 12 nitrogen and oxygen atoms in total. The summed E-state index contributed by atoms with van der Waals surface area (Å²) in [5, 5.41) is 11.0. The Hall–Kier alpha value is -5.26. The third-order valence-electron chi connectivity index (χ3n) is 6.93. The Morgan fingerprint density at radius 1 is 1.12 bits per heavy atom. The second kappa shape index (κ2) is 10.5. The average Bonchev–Trinajstić information content (AvgIpc) is 3.62. The van der Waals surface area contributed by atoms with E-state index in [0.717, 1.165) is 11.3 Å². The lowest BCUT2D eigenvalue weighted by atomic mass is 10.0. The molecule has 6 rings (SSSR count). The summed E-state index contributed by atoms with van der Waals surface area (Å²) in [5.41, 5.74) is 3.45. The molecular weight excluding hydrogens is 510 g/mol. The fourth-order valence-electron chi connectivity index (χ4n) is 4.85. The number of aromatic amines is 1. The van der Waals surface area contributed by atoms with Crippen molar-refractivity contribution in [3.8, 4) is 11.5 Å². The van der Waals surface area contributed by atoms with Crippen molar-refractivity contribution in [2.24, 2.45) is 0 Å². The van der Waals surface area contributed by atoms with E-state index in [9.17, 15) is 9.59 Å². The highest BCUT2D eigenvalue weighted by Crippen LogP contribution is 2.31. The van der Waals surface area contributed by atoms with Crippen molar-refractivity contribution in [1.29, 1.82) is 0 Å². The normalized spacial score (nSPS) is 13.9. The molecule has 5 heterocycles. The van der Waals surface area contributed by atoms with Crippen LogP contribution in [0.4, 0.5) is 11.5 Å². The summed E-state index contributed by atoms with van der Waals surface area (Å²) in [7, 11) is 0. The minimum absolute atomic E-state index is 0.0267. The molecule has 5 aromatic rings. The molecule has 1 aliphatic heterocycles. The molecule has 1 fully saturated rings. The molecule has 0 radical (unpaired) electrons. The Morgan fingerprint density at radius 3 is 2.77 bits per heavy atom. The Bertz CT molecular complexity index is 1730. The number of likely N-dealkylation sites (tertiary alicyclic amines) is 1. The lowest BCUT2D eigenvalue weighted by Gasteiger charge is -2.32. The molecule has 3 N–H and O–H groups in total. The second-order valence-corrected chi connectivity index (χ2v) is 9.56. The number of amides is 2. The van der Waals surface area contributed by atoms with Gasteiger partial charge >= 0.3 is 0 Å². The number of aryl methyl sites for hydroxylation is 1. The van der Waals surface area contributed by atoms with Crippen LogP contribution in [-0.4, -0.2) is 65.4 Å². The van der Waals surface area contributed by atoms with E-state index < -0.39 is 0 Å². The van der Waals surface area contributed by atoms with Crippen LogP contribution < -0.4 is 15.4 Å². The first-order valence-corrected chi connectivity index (χ1v) is 12.9. The van der Waals surface area contributed by atoms with Crippen molar-refractivity contribution in [2.75, 3.05) is 18.4 Å². The molecule has 1 saturated heterocycles. The standard InChI is InChI=1S/C28H27N9O3/c1-3-24(38)34-18-6-9-36(10-7-18)28(39)21-14-29-26-25(21)27(32-15-31-26)35-19-4-5-22(17(2)12-19)40-20-8-11-37-23(13-20)30-16-33-37/h3-5,8,11-16,18H,1,6-7,9-10H2,2H3,(H,34,38)(H2,29,31,32,35). The maximum absolute atomic E-state index is 13.5. The summed E-state index contributed by atoms with van der Waals surface area (Å²) in [6, 6.07) is 9.40. The van der Waals surface area contributed by atoms with Gasteiger partial charge in [-0.25, -0.2) is 19.5 Å². The third kappa shape index (κ3) is 4.94. The maximum Gasteiger partial charge on any atom is 0.256 e. The molecule has 0 spiro atoms. The van der Waals surface area contributed by atoms with Crippen molar-refractivity contribution in [1.82, 2.24) is 39.8 Å². The lowest BCUT2D eigenvalue weighted by Crippen LogP contribution is -2.46. The van der Waals surface area contributed by atoms with E-state index in [-0.39, 0.29) is 17.9 Å². The predicted molar refractivity (Wildman–Crippen MR) is 149 cm³/mol. The van der Waals surface area contributed by atoms with Gasteiger partial charge in [-0.3, -0.25) is 9.59 Å². The highest BCUT2D eigenvalue weighted by molar-refractivity contribution is 6.10. The molecule has 0 atom stereocenters. The second-order valence-electron chi connectivity index (χ2n) is 9.56. The van der Waals surface area contributed by atoms with E-state index in [2.05, 4.69) is 42.2 Å². The Balaban J connectivity index is 1.19. The molecule has 0 unspecified atom stereocenters. The Labute approximate surface area is 229 Å². The highest BCUT2D eigenvalue weighted by atomic mass is 16.5. The summed E-state index contributed by atoms with van der Waals surface area (Å²) >= 11 is 0. The number of ether oxygens (including phenoxy) is 1. The summed E-state index contributed by atoms with van der Waals surface area (Å²) < 4.78 is 7.75. The number of fused-ring (bicyclic) bond motifs is 2. The van der Waals surface area contributed by atoms with Crippen molar-refractivity contribution in [3.63, 3.8) is 0 Å². The predicted octanol–water partition coefficient (Wildman–Crippen LogP) is 3.75. The number of rotatable bonds is 7. The van der Waals surface area contributed by atoms with Gasteiger partial charge in [0.2, 0.25) is 5.91 Å². The fourth-order valence-corrected chi connectivity index (χ4v) is 4.85. The summed E-state index contributed by atoms with van der Waals surface area (Å²) in [6.45, 7) is 6.52. The first kappa shape index (κ1) is 25.0. The summed E-state index contributed by atoms with van der Waals surface area (Å²) in [5.74, 6) is 1.57. The van der Waals surface area contributed by atoms with Crippen molar-refractivity contribution in [3.05, 3.63) is 79.2 Å². The van der Waals surface area contributed by atoms with Gasteiger partial charge in [0, 0.05) is 43.3 Å². The molecule has 12 heteroatoms. The minimum atomic E-state index is -0.197. The molecule has 0 bridgehead atoms. The molecule has 4 aromatic heterocycles. The van der Waals surface area contributed by atoms with E-state index in [4.69, 9.17) is 4.74 Å². The van der Waals surface area contributed by atoms with Crippen LogP contribution in [0.5, 0.6) is 11.5 Å². The number of hydrogen-bond donors (Lipinski definition) is 3. The zero-order valence-electron chi connectivity index (χ0n) is 21.8. The van der Waals surface area contributed by atoms with Gasteiger partial charge in [0.25, 0.3) is 5.91 Å². The molecule has 1 aliphatic rings. The molecule has 2 amide bonds. The van der Waals surface area contributed by atoms with Crippen molar-refractivity contribution < 1.29 is 14.3 Å². The van der Waals surface area contributed by atoms with Gasteiger partial charge in [-0.2, -0.15) is 5.10 Å². The topological polar surface area (TPSA) is 142 Å². The quantitative estimate of drug-likeness (QED) is 0.267. The first-order valence-electron chi connectivity index (χ1n) is 12.9. The number of carbonyl (C=O) groups is 2. The van der Waals surface area contributed by atoms with Crippen LogP contribution in [0.3, 0.4) is 0 Å². The van der Waals surface area contributed by atoms with E-state index in [0.29, 0.717) is 65.5 Å². The molecular formula is C28H27N9O3. The largest absolute Gasteiger partial charge is 0.457 e. The highest BCUT2D eigenvalue weighted by Gasteiger charge is 2.27. The van der Waals surface area contributed by atoms with Crippen LogP contribution in [0, 0.1) is 6.92 Å². The number of pyridine rings is 1. The van der Waals surface area contributed by atoms with Crippen LogP contribution in [0.1, 0.15) is 28.8 Å². The summed E-state index contributed by atoms with van der Waals surface area (Å²) in [6.07, 6.45) is 9.03. The van der Waals surface area contributed by atoms with E-state index >= 15 is 0 Å². The number of benzene rings is 1. The number of hydrogen-bond acceptors (Lipinski definition) is 8. The van der Waals surface area contributed by atoms with Crippen LogP contribution in [0.25, 0.3) is 16.7 Å². The SMILES string of the molecule is C=CC(=O)NC1CCN(C(=O)c2c[nH]c3ncnc(Nc4ccc(Oc5ccn6ncnc6c5)c(C)c4)c23)CC1. The number of anilines is 2. The minimum Gasteiger partial charge on any atom is -0.457 e. The number of nitrogens with one attached hydrogen (secondary N) is 3. The fraction of sp³-hybridized carbons (Fsp3) is 0.214. The number of piperidine rings is 1. The number of H-pyrrole nitrogens is 1. The molecule has 40 heavy (non-hydrogen) atoms. The van der Waals surface area contributed by atoms with Gasteiger partial charge in [-0.15, -0.1) is 0 Å². The Morgan fingerprint density at radius 2 is 1.98 bits per heavy atom. The molecule has 202 valence electrons. The van der Waals surface area contributed by atoms with Crippen LogP contribution in [-0.2, 0) is 4.79 Å². The van der Waals surface area contributed by atoms with E-state index in [1.54, 1.807) is 21.8 Å². The van der Waals surface area contributed by atoms with Gasteiger partial charge in [-0.1, -0.05) is 6.58 Å². The number of aromatic nitrogens is 6. The van der Waals surface area contributed by atoms with Gasteiger partial charge in [0.05, 0.1) is 10.9 Å². The first-order chi connectivity index (χ1) is 19.5. The van der Waals surface area contributed by atoms with Crippen molar-refractivity contribution in [2.45, 2.75) is 25.8 Å². The smallest absolute Gasteiger partial charge is 0.256 e. The van der Waals surface area contributed by atoms with Gasteiger partial charge < -0.3 is 25.3 Å². The van der Waals surface area contributed by atoms with Gasteiger partial charge in [-0.05, 0) is 55.7 Å². The van der Waals surface area contributed by atoms with Crippen LogP contribution in [0.2, 0.25) is 0 Å². The number of carbonyl (C=O) groups excluding carboxylic acids is 2. The van der Waals surface area contributed by atoms with Gasteiger partial charge in [0.15, 0.2) is 5.65 Å². The zero-order valence-corrected chi connectivity index (χ0v) is 21.8. The van der Waals surface area contributed by atoms with Crippen molar-refractivity contribution >= 4 is 40.0 Å². The molecule has 0 saturated carbocycles. The summed E-state index contributed by atoms with van der Waals surface area (Å²) in [4.78, 5) is 43.0. The molecule has 1 aromatic carbocycles. The Kier molecular flexibility index (Phi) is 6.56. The van der Waals surface area contributed by atoms with E-state index in [1.807, 2.05) is 37.3 Å². The van der Waals surface area contributed by atoms with E-state index in [1.165, 1.54) is 18.7 Å². The monoisotopic (exact) mass is 537 g/mol. The van der Waals surface area contributed by atoms with Gasteiger partial charge in [0.1, 0.15) is 35.6 Å². The number of nitrogens with zero attached hydrogens (tertiary/aromatic N) is 6. The molecule has 0 aliphatic carbocycles. The van der Waals surface area contributed by atoms with Crippen LogP contribution >= 0.6 is 0 Å². The lowest BCUT2D eigenvalue weighted by molar-refractivity contribution is -0.117. The maximum atomic E-state index is 13.5. The zero-order chi connectivity index (χ0) is 27.6. The average molecular weight is 538 g/mol. The third-order valence-corrected chi connectivity index (χ3v) is 6.93. The van der Waals surface area contributed by atoms with Crippen LogP contribution in [0.15, 0.2) is 68.0 Å².